The lowest BCUT2D eigenvalue weighted by Gasteiger charge is -2.12. The van der Waals surface area contributed by atoms with E-state index < -0.39 is 0 Å². The van der Waals surface area contributed by atoms with Crippen molar-refractivity contribution in [3.63, 3.8) is 0 Å². The summed E-state index contributed by atoms with van der Waals surface area (Å²) in [7, 11) is 0. The first kappa shape index (κ1) is 17.2. The number of hydrogen-bond acceptors (Lipinski definition) is 4. The van der Waals surface area contributed by atoms with Crippen molar-refractivity contribution in [3.8, 4) is 11.5 Å². The van der Waals surface area contributed by atoms with Gasteiger partial charge in [0.25, 0.3) is 11.8 Å². The van der Waals surface area contributed by atoms with E-state index in [2.05, 4.69) is 15.5 Å². The van der Waals surface area contributed by atoms with Crippen LogP contribution in [0.5, 0.6) is 0 Å². The second-order valence-electron chi connectivity index (χ2n) is 5.83. The van der Waals surface area contributed by atoms with Crippen molar-refractivity contribution < 1.29 is 9.32 Å². The van der Waals surface area contributed by atoms with E-state index in [-0.39, 0.29) is 11.9 Å². The molecule has 1 amide bonds. The van der Waals surface area contributed by atoms with Crippen LogP contribution < -0.4 is 5.32 Å². The molecule has 0 aliphatic carbocycles. The number of hydrogen-bond donors (Lipinski definition) is 1. The van der Waals surface area contributed by atoms with Gasteiger partial charge in [0.2, 0.25) is 0 Å². The zero-order valence-corrected chi connectivity index (χ0v) is 14.8. The van der Waals surface area contributed by atoms with E-state index in [1.54, 1.807) is 22.8 Å². The second kappa shape index (κ2) is 7.53. The summed E-state index contributed by atoms with van der Waals surface area (Å²) in [5.74, 6) is 0.809. The average Bonchev–Trinajstić information content (AvgIpc) is 3.25. The number of amides is 1. The van der Waals surface area contributed by atoms with Crippen molar-refractivity contribution in [3.05, 3.63) is 59.1 Å². The Labute approximate surface area is 150 Å². The molecule has 2 aromatic heterocycles. The highest BCUT2D eigenvalue weighted by Gasteiger charge is 2.15. The van der Waals surface area contributed by atoms with Crippen LogP contribution in [-0.2, 0) is 6.54 Å². The number of nitrogens with zero attached hydrogens (tertiary/aromatic N) is 3. The highest BCUT2D eigenvalue weighted by Crippen LogP contribution is 2.20. The molecular weight excluding hydrogens is 340 g/mol. The van der Waals surface area contributed by atoms with Crippen LogP contribution in [0.3, 0.4) is 0 Å². The third-order valence-electron chi connectivity index (χ3n) is 3.92. The monoisotopic (exact) mass is 358 g/mol. The molecule has 0 saturated carbocycles. The van der Waals surface area contributed by atoms with Crippen molar-refractivity contribution in [2.45, 2.75) is 32.9 Å². The molecule has 3 rings (SSSR count). The third kappa shape index (κ3) is 4.09. The Balaban J connectivity index is 1.75. The van der Waals surface area contributed by atoms with Gasteiger partial charge in [-0.2, -0.15) is 4.98 Å². The summed E-state index contributed by atoms with van der Waals surface area (Å²) in [6, 6.07) is 10.9. The highest BCUT2D eigenvalue weighted by molar-refractivity contribution is 6.30. The second-order valence-corrected chi connectivity index (χ2v) is 6.26. The zero-order chi connectivity index (χ0) is 17.8. The quantitative estimate of drug-likeness (QED) is 0.728. The molecule has 0 bridgehead atoms. The van der Waals surface area contributed by atoms with Crippen molar-refractivity contribution in [2.75, 3.05) is 0 Å². The van der Waals surface area contributed by atoms with E-state index in [4.69, 9.17) is 16.1 Å². The molecule has 130 valence electrons. The number of rotatable bonds is 6. The molecule has 6 nitrogen and oxygen atoms in total. The maximum atomic E-state index is 12.3. The first-order chi connectivity index (χ1) is 12.1. The molecule has 0 aliphatic heterocycles. The smallest absolute Gasteiger partial charge is 0.268 e. The molecule has 1 atom stereocenters. The summed E-state index contributed by atoms with van der Waals surface area (Å²) in [6.07, 6.45) is 2.70. The predicted molar refractivity (Wildman–Crippen MR) is 95.5 cm³/mol. The number of aromatic nitrogens is 3. The van der Waals surface area contributed by atoms with Crippen LogP contribution in [-0.4, -0.2) is 26.7 Å². The SMILES string of the molecule is CC[C@@H](C)NC(=O)c1cccn1Cc1noc(-c2ccc(Cl)cc2)n1. The third-order valence-corrected chi connectivity index (χ3v) is 4.18. The summed E-state index contributed by atoms with van der Waals surface area (Å²) < 4.78 is 7.10. The van der Waals surface area contributed by atoms with E-state index in [1.165, 1.54) is 0 Å². The van der Waals surface area contributed by atoms with E-state index in [0.29, 0.717) is 29.0 Å². The van der Waals surface area contributed by atoms with Gasteiger partial charge in [-0.1, -0.05) is 23.7 Å². The van der Waals surface area contributed by atoms with Gasteiger partial charge >= 0.3 is 0 Å². The molecule has 0 saturated heterocycles. The van der Waals surface area contributed by atoms with E-state index in [1.807, 2.05) is 38.2 Å². The van der Waals surface area contributed by atoms with E-state index >= 15 is 0 Å². The van der Waals surface area contributed by atoms with Gasteiger partial charge in [-0.05, 0) is 49.7 Å². The van der Waals surface area contributed by atoms with Gasteiger partial charge in [0.15, 0.2) is 5.82 Å². The summed E-state index contributed by atoms with van der Waals surface area (Å²) in [5.41, 5.74) is 1.36. The number of halogens is 1. The Morgan fingerprint density at radius 2 is 2.08 bits per heavy atom. The molecule has 0 radical (unpaired) electrons. The van der Waals surface area contributed by atoms with Gasteiger partial charge in [-0.25, -0.2) is 0 Å². The lowest BCUT2D eigenvalue weighted by atomic mass is 10.2. The lowest BCUT2D eigenvalue weighted by molar-refractivity contribution is 0.0930. The predicted octanol–water partition coefficient (Wildman–Crippen LogP) is 3.77. The van der Waals surface area contributed by atoms with Crippen LogP contribution in [0.25, 0.3) is 11.5 Å². The Morgan fingerprint density at radius 3 is 2.80 bits per heavy atom. The van der Waals surface area contributed by atoms with Crippen molar-refractivity contribution >= 4 is 17.5 Å². The molecule has 0 unspecified atom stereocenters. The largest absolute Gasteiger partial charge is 0.348 e. The molecule has 0 aliphatic rings. The minimum Gasteiger partial charge on any atom is -0.348 e. The summed E-state index contributed by atoms with van der Waals surface area (Å²) in [4.78, 5) is 16.7. The first-order valence-electron chi connectivity index (χ1n) is 8.11. The highest BCUT2D eigenvalue weighted by atomic mass is 35.5. The van der Waals surface area contributed by atoms with Gasteiger partial charge in [0.05, 0.1) is 6.54 Å². The molecule has 25 heavy (non-hydrogen) atoms. The molecule has 3 aromatic rings. The van der Waals surface area contributed by atoms with Crippen LogP contribution in [0.2, 0.25) is 5.02 Å². The molecule has 0 fully saturated rings. The normalized spacial score (nSPS) is 12.1. The maximum Gasteiger partial charge on any atom is 0.268 e. The molecule has 2 heterocycles. The number of carbonyl (C=O) groups excluding carboxylic acids is 1. The minimum absolute atomic E-state index is 0.110. The summed E-state index contributed by atoms with van der Waals surface area (Å²) in [6.45, 7) is 4.36. The molecule has 1 N–H and O–H groups in total. The fourth-order valence-corrected chi connectivity index (χ4v) is 2.46. The van der Waals surface area contributed by atoms with Gasteiger partial charge in [0, 0.05) is 22.8 Å². The summed E-state index contributed by atoms with van der Waals surface area (Å²) in [5, 5.41) is 7.60. The standard InChI is InChI=1S/C18H19ClN4O2/c1-3-12(2)20-17(24)15-5-4-10-23(15)11-16-21-18(25-22-16)13-6-8-14(19)9-7-13/h4-10,12H,3,11H2,1-2H3,(H,20,24)/t12-/m1/s1. The van der Waals surface area contributed by atoms with Crippen molar-refractivity contribution in [2.24, 2.45) is 0 Å². The van der Waals surface area contributed by atoms with Gasteiger partial charge < -0.3 is 14.4 Å². The average molecular weight is 359 g/mol. The van der Waals surface area contributed by atoms with Crippen LogP contribution in [0.1, 0.15) is 36.6 Å². The van der Waals surface area contributed by atoms with Crippen LogP contribution in [0.15, 0.2) is 47.1 Å². The first-order valence-corrected chi connectivity index (χ1v) is 8.49. The van der Waals surface area contributed by atoms with E-state index in [0.717, 1.165) is 12.0 Å². The lowest BCUT2D eigenvalue weighted by Crippen LogP contribution is -2.33. The molecule has 7 heteroatoms. The van der Waals surface area contributed by atoms with Gasteiger partial charge in [-0.15, -0.1) is 0 Å². The fourth-order valence-electron chi connectivity index (χ4n) is 2.34. The van der Waals surface area contributed by atoms with Gasteiger partial charge in [0.1, 0.15) is 5.69 Å². The van der Waals surface area contributed by atoms with Crippen LogP contribution >= 0.6 is 11.6 Å². The van der Waals surface area contributed by atoms with E-state index in [9.17, 15) is 4.79 Å². The van der Waals surface area contributed by atoms with Gasteiger partial charge in [-0.3, -0.25) is 4.79 Å². The Kier molecular flexibility index (Phi) is 5.19. The van der Waals surface area contributed by atoms with Crippen molar-refractivity contribution in [1.29, 1.82) is 0 Å². The molecule has 0 spiro atoms. The maximum absolute atomic E-state index is 12.3. The fraction of sp³-hybridized carbons (Fsp3) is 0.278. The topological polar surface area (TPSA) is 73.0 Å². The molecule has 1 aromatic carbocycles. The summed E-state index contributed by atoms with van der Waals surface area (Å²) >= 11 is 5.88. The zero-order valence-electron chi connectivity index (χ0n) is 14.1. The Morgan fingerprint density at radius 1 is 1.32 bits per heavy atom. The van der Waals surface area contributed by atoms with Crippen LogP contribution in [0, 0.1) is 0 Å². The Hall–Kier alpha value is -2.60. The number of carbonyl (C=O) groups is 1. The molecular formula is C18H19ClN4O2. The van der Waals surface area contributed by atoms with Crippen LogP contribution in [0.4, 0.5) is 0 Å². The number of benzene rings is 1. The number of nitrogens with one attached hydrogen (secondary N) is 1. The Bertz CT molecular complexity index is 854. The minimum atomic E-state index is -0.110. The van der Waals surface area contributed by atoms with Crippen molar-refractivity contribution in [1.82, 2.24) is 20.0 Å².